The average molecular weight is 212 g/mol. The number of halogens is 5. The first kappa shape index (κ1) is 10.6. The lowest BCUT2D eigenvalue weighted by molar-refractivity contribution is -0.156. The van der Waals surface area contributed by atoms with Gasteiger partial charge in [-0.15, -0.1) is 22.8 Å². The van der Waals surface area contributed by atoms with Gasteiger partial charge in [-0.3, -0.25) is 0 Å². The minimum atomic E-state index is -5.19. The Balaban J connectivity index is 3.06. The lowest BCUT2D eigenvalue weighted by Crippen LogP contribution is -2.30. The number of anilines is 2. The Labute approximate surface area is 75.8 Å². The van der Waals surface area contributed by atoms with Crippen molar-refractivity contribution in [1.82, 2.24) is 0 Å². The number of rotatable bonds is 2. The Hall–Kier alpha value is -1.53. The van der Waals surface area contributed by atoms with Crippen molar-refractivity contribution in [1.29, 1.82) is 0 Å². The van der Waals surface area contributed by atoms with Gasteiger partial charge in [-0.05, 0) is 12.1 Å². The van der Waals surface area contributed by atoms with Crippen molar-refractivity contribution in [2.75, 3.05) is 10.7 Å². The maximum absolute atomic E-state index is 12.6. The molecule has 0 atom stereocenters. The molecule has 0 unspecified atom stereocenters. The molecule has 0 radical (unpaired) electrons. The van der Waals surface area contributed by atoms with Crippen LogP contribution in [0.25, 0.3) is 0 Å². The number of hydrogen-bond donors (Lipinski definition) is 1. The molecule has 14 heavy (non-hydrogen) atoms. The van der Waals surface area contributed by atoms with Crippen LogP contribution in [-0.2, 0) is 0 Å². The highest BCUT2D eigenvalue weighted by Gasteiger charge is 2.39. The smallest absolute Gasteiger partial charge is 0.222 e. The third-order valence-electron chi connectivity index (χ3n) is 1.44. The van der Waals surface area contributed by atoms with Crippen molar-refractivity contribution in [3.8, 4) is 0 Å². The summed E-state index contributed by atoms with van der Waals surface area (Å²) in [6.07, 6.45) is -5.19. The lowest BCUT2D eigenvalue weighted by Gasteiger charge is -2.18. The van der Waals surface area contributed by atoms with E-state index in [4.69, 9.17) is 0 Å². The van der Waals surface area contributed by atoms with Crippen molar-refractivity contribution < 1.29 is 22.1 Å². The molecule has 0 aliphatic rings. The highest BCUT2D eigenvalue weighted by atomic mass is 19.4. The average Bonchev–Trinajstić information content (AvgIpc) is 2.15. The maximum atomic E-state index is 12.6. The Morgan fingerprint density at radius 2 is 1.71 bits per heavy atom. The molecular weight excluding hydrogens is 207 g/mol. The van der Waals surface area contributed by atoms with Crippen LogP contribution in [0.15, 0.2) is 24.3 Å². The zero-order valence-corrected chi connectivity index (χ0v) is 6.65. The van der Waals surface area contributed by atoms with Crippen molar-refractivity contribution in [2.45, 2.75) is 6.30 Å². The molecule has 0 fully saturated rings. The predicted molar refractivity (Wildman–Crippen MR) is 40.8 cm³/mol. The van der Waals surface area contributed by atoms with Crippen LogP contribution in [0.3, 0.4) is 0 Å². The van der Waals surface area contributed by atoms with Gasteiger partial charge < -0.3 is 0 Å². The molecule has 7 heteroatoms. The van der Waals surface area contributed by atoms with Crippen LogP contribution in [0, 0.1) is 0 Å². The van der Waals surface area contributed by atoms with E-state index in [1.54, 1.807) is 0 Å². The standard InChI is InChI=1S/C7H5F5N2/c8-7(9,10)14(12)6-4-2-1-3-5(6)13-11/h1-4,13H. The third-order valence-corrected chi connectivity index (χ3v) is 1.44. The Morgan fingerprint density at radius 1 is 1.14 bits per heavy atom. The fraction of sp³-hybridized carbons (Fsp3) is 0.143. The molecule has 0 aliphatic carbocycles. The number of hydrogen-bond acceptors (Lipinski definition) is 2. The fourth-order valence-electron chi connectivity index (χ4n) is 0.861. The maximum Gasteiger partial charge on any atom is 0.512 e. The SMILES string of the molecule is FNc1ccccc1N(F)C(F)(F)F. The van der Waals surface area contributed by atoms with Crippen LogP contribution in [0.4, 0.5) is 33.5 Å². The van der Waals surface area contributed by atoms with Gasteiger partial charge in [-0.1, -0.05) is 16.6 Å². The van der Waals surface area contributed by atoms with Crippen LogP contribution < -0.4 is 10.7 Å². The van der Waals surface area contributed by atoms with Crippen LogP contribution in [-0.4, -0.2) is 6.30 Å². The van der Waals surface area contributed by atoms with Crippen LogP contribution in [0.2, 0.25) is 0 Å². The number of para-hydroxylation sites is 2. The molecule has 0 aliphatic heterocycles. The highest BCUT2D eigenvalue weighted by Crippen LogP contribution is 2.34. The second-order valence-corrected chi connectivity index (χ2v) is 2.36. The minimum absolute atomic E-state index is 0.590. The zero-order valence-electron chi connectivity index (χ0n) is 6.65. The molecule has 0 bridgehead atoms. The summed E-state index contributed by atoms with van der Waals surface area (Å²) in [5.41, 5.74) is -0.552. The normalized spacial score (nSPS) is 11.2. The van der Waals surface area contributed by atoms with E-state index in [-0.39, 0.29) is 0 Å². The van der Waals surface area contributed by atoms with E-state index >= 15 is 0 Å². The molecule has 0 aromatic heterocycles. The summed E-state index contributed by atoms with van der Waals surface area (Å²) in [5, 5.41) is -1.46. The van der Waals surface area contributed by atoms with E-state index in [2.05, 4.69) is 0 Å². The van der Waals surface area contributed by atoms with Gasteiger partial charge in [0.25, 0.3) is 0 Å². The zero-order chi connectivity index (χ0) is 10.8. The Bertz CT molecular complexity index is 311. The second-order valence-electron chi connectivity index (χ2n) is 2.36. The van der Waals surface area contributed by atoms with Crippen molar-refractivity contribution in [3.05, 3.63) is 24.3 Å². The third kappa shape index (κ3) is 2.04. The van der Waals surface area contributed by atoms with Crippen molar-refractivity contribution >= 4 is 11.4 Å². The Morgan fingerprint density at radius 3 is 2.21 bits per heavy atom. The number of nitrogens with one attached hydrogen (secondary N) is 1. The van der Waals surface area contributed by atoms with E-state index in [0.717, 1.165) is 23.7 Å². The molecule has 1 aromatic carbocycles. The number of benzene rings is 1. The quantitative estimate of drug-likeness (QED) is 0.460. The fourth-order valence-corrected chi connectivity index (χ4v) is 0.861. The molecule has 0 spiro atoms. The van der Waals surface area contributed by atoms with E-state index < -0.39 is 22.8 Å². The van der Waals surface area contributed by atoms with Gasteiger partial charge >= 0.3 is 6.30 Å². The Kier molecular flexibility index (Phi) is 2.78. The number of alkyl halides is 3. The second kappa shape index (κ2) is 3.69. The predicted octanol–water partition coefficient (Wildman–Crippen LogP) is 3.19. The monoisotopic (exact) mass is 212 g/mol. The lowest BCUT2D eigenvalue weighted by atomic mass is 10.3. The summed E-state index contributed by atoms with van der Waals surface area (Å²) in [5.74, 6) is 0. The molecule has 0 saturated carbocycles. The molecule has 0 amide bonds. The van der Waals surface area contributed by atoms with Crippen molar-refractivity contribution in [2.24, 2.45) is 0 Å². The summed E-state index contributed by atoms with van der Waals surface area (Å²) in [7, 11) is 0. The first-order valence-electron chi connectivity index (χ1n) is 3.45. The molecule has 0 heterocycles. The van der Waals surface area contributed by atoms with Gasteiger partial charge in [0.1, 0.15) is 5.69 Å². The van der Waals surface area contributed by atoms with Crippen LogP contribution in [0.5, 0.6) is 0 Å². The molecule has 1 rings (SSSR count). The first-order chi connectivity index (χ1) is 6.46. The summed E-state index contributed by atoms with van der Waals surface area (Å²) in [4.78, 5) is 0. The van der Waals surface area contributed by atoms with E-state index in [1.165, 1.54) is 6.07 Å². The summed E-state index contributed by atoms with van der Waals surface area (Å²) in [6.45, 7) is 0. The van der Waals surface area contributed by atoms with E-state index in [9.17, 15) is 22.1 Å². The summed E-state index contributed by atoms with van der Waals surface area (Å²) < 4.78 is 60.1. The molecule has 1 N–H and O–H groups in total. The van der Waals surface area contributed by atoms with E-state index in [0.29, 0.717) is 0 Å². The molecule has 0 saturated heterocycles. The molecule has 1 aromatic rings. The molecule has 78 valence electrons. The molecular formula is C7H5F5N2. The minimum Gasteiger partial charge on any atom is -0.222 e. The van der Waals surface area contributed by atoms with Gasteiger partial charge in [0.2, 0.25) is 0 Å². The highest BCUT2D eigenvalue weighted by molar-refractivity contribution is 5.68. The number of nitrogens with zero attached hydrogens (tertiary/aromatic N) is 1. The van der Waals surface area contributed by atoms with Gasteiger partial charge in [0.05, 0.1) is 5.69 Å². The first-order valence-corrected chi connectivity index (χ1v) is 3.45. The van der Waals surface area contributed by atoms with Crippen LogP contribution >= 0.6 is 0 Å². The molecule has 2 nitrogen and oxygen atoms in total. The summed E-state index contributed by atoms with van der Waals surface area (Å²) in [6, 6.07) is 4.22. The van der Waals surface area contributed by atoms with Gasteiger partial charge in [-0.2, -0.15) is 0 Å². The van der Waals surface area contributed by atoms with E-state index in [1.807, 2.05) is 0 Å². The van der Waals surface area contributed by atoms with Gasteiger partial charge in [0.15, 0.2) is 0 Å². The largest absolute Gasteiger partial charge is 0.512 e. The van der Waals surface area contributed by atoms with Gasteiger partial charge in [-0.25, -0.2) is 5.54 Å². The van der Waals surface area contributed by atoms with Crippen LogP contribution in [0.1, 0.15) is 0 Å². The topological polar surface area (TPSA) is 15.3 Å². The van der Waals surface area contributed by atoms with Crippen molar-refractivity contribution in [3.63, 3.8) is 0 Å². The summed E-state index contributed by atoms with van der Waals surface area (Å²) >= 11 is 0. The van der Waals surface area contributed by atoms with Gasteiger partial charge in [0, 0.05) is 0 Å².